The molecular formula is C16H11Cl. The van der Waals surface area contributed by atoms with Crippen molar-refractivity contribution in [2.24, 2.45) is 0 Å². The summed E-state index contributed by atoms with van der Waals surface area (Å²) in [6.45, 7) is 3.85. The molecule has 3 aromatic rings. The van der Waals surface area contributed by atoms with Gasteiger partial charge in [0.15, 0.2) is 0 Å². The van der Waals surface area contributed by atoms with Crippen LogP contribution in [-0.2, 0) is 0 Å². The maximum Gasteiger partial charge on any atom is 0.0484 e. The molecule has 0 heterocycles. The highest BCUT2D eigenvalue weighted by atomic mass is 35.5. The molecule has 0 saturated heterocycles. The van der Waals surface area contributed by atoms with Crippen molar-refractivity contribution in [3.05, 3.63) is 65.7 Å². The molecule has 0 spiro atoms. The Hall–Kier alpha value is -1.79. The number of benzene rings is 3. The van der Waals surface area contributed by atoms with Crippen molar-refractivity contribution in [3.8, 4) is 0 Å². The third kappa shape index (κ3) is 1.62. The first kappa shape index (κ1) is 10.4. The van der Waals surface area contributed by atoms with E-state index < -0.39 is 0 Å². The lowest BCUT2D eigenvalue weighted by atomic mass is 10.00. The summed E-state index contributed by atoms with van der Waals surface area (Å²) < 4.78 is 0. The molecule has 0 fully saturated rings. The third-order valence-corrected chi connectivity index (χ3v) is 3.41. The topological polar surface area (TPSA) is 0 Å². The van der Waals surface area contributed by atoms with Crippen molar-refractivity contribution in [3.63, 3.8) is 0 Å². The first-order chi connectivity index (χ1) is 8.29. The predicted molar refractivity (Wildman–Crippen MR) is 76.6 cm³/mol. The second-order valence-electron chi connectivity index (χ2n) is 4.09. The van der Waals surface area contributed by atoms with Gasteiger partial charge < -0.3 is 0 Å². The molecule has 0 nitrogen and oxygen atoms in total. The quantitative estimate of drug-likeness (QED) is 0.506. The van der Waals surface area contributed by atoms with Crippen molar-refractivity contribution in [1.29, 1.82) is 0 Å². The largest absolute Gasteiger partial charge is 0.0984 e. The van der Waals surface area contributed by atoms with E-state index in [0.29, 0.717) is 0 Å². The van der Waals surface area contributed by atoms with Crippen LogP contribution in [0.1, 0.15) is 5.56 Å². The summed E-state index contributed by atoms with van der Waals surface area (Å²) in [5, 5.41) is 5.48. The molecule has 3 rings (SSSR count). The first-order valence-corrected chi connectivity index (χ1v) is 5.91. The van der Waals surface area contributed by atoms with Crippen molar-refractivity contribution in [2.75, 3.05) is 0 Å². The zero-order valence-electron chi connectivity index (χ0n) is 9.28. The molecule has 3 aromatic carbocycles. The fraction of sp³-hybridized carbons (Fsp3) is 0. The fourth-order valence-electron chi connectivity index (χ4n) is 2.22. The SMILES string of the molecule is C=Cc1cccc2cc3c(Cl)cccc3cc12. The number of hydrogen-bond donors (Lipinski definition) is 0. The molecule has 0 atom stereocenters. The Kier molecular flexibility index (Phi) is 2.38. The number of halogens is 1. The van der Waals surface area contributed by atoms with E-state index in [1.165, 1.54) is 16.2 Å². The standard InChI is InChI=1S/C16H11Cl/c1-2-11-5-3-6-12-10-15-13(9-14(11)12)7-4-8-16(15)17/h2-10H,1H2. The molecule has 0 aliphatic carbocycles. The van der Waals surface area contributed by atoms with Crippen LogP contribution in [0.25, 0.3) is 27.6 Å². The van der Waals surface area contributed by atoms with E-state index in [0.717, 1.165) is 16.0 Å². The van der Waals surface area contributed by atoms with Gasteiger partial charge in [-0.25, -0.2) is 0 Å². The lowest BCUT2D eigenvalue weighted by molar-refractivity contribution is 1.73. The molecule has 0 N–H and O–H groups in total. The Morgan fingerprint density at radius 3 is 2.29 bits per heavy atom. The average molecular weight is 239 g/mol. The molecule has 0 unspecified atom stereocenters. The summed E-state index contributed by atoms with van der Waals surface area (Å²) >= 11 is 6.21. The minimum Gasteiger partial charge on any atom is -0.0984 e. The summed E-state index contributed by atoms with van der Waals surface area (Å²) in [7, 11) is 0. The predicted octanol–water partition coefficient (Wildman–Crippen LogP) is 5.29. The van der Waals surface area contributed by atoms with Crippen LogP contribution in [-0.4, -0.2) is 0 Å². The van der Waals surface area contributed by atoms with Crippen LogP contribution in [0, 0.1) is 0 Å². The Morgan fingerprint density at radius 2 is 1.53 bits per heavy atom. The highest BCUT2D eigenvalue weighted by Gasteiger charge is 2.03. The molecule has 17 heavy (non-hydrogen) atoms. The van der Waals surface area contributed by atoms with Crippen LogP contribution < -0.4 is 0 Å². The first-order valence-electron chi connectivity index (χ1n) is 5.53. The number of fused-ring (bicyclic) bond motifs is 2. The van der Waals surface area contributed by atoms with E-state index in [4.69, 9.17) is 11.6 Å². The molecule has 0 radical (unpaired) electrons. The summed E-state index contributed by atoms with van der Waals surface area (Å²) in [5.74, 6) is 0. The maximum absolute atomic E-state index is 6.21. The molecule has 82 valence electrons. The summed E-state index contributed by atoms with van der Waals surface area (Å²) in [6.07, 6.45) is 1.89. The Balaban J connectivity index is 2.52. The lowest BCUT2D eigenvalue weighted by Crippen LogP contribution is -1.80. The second kappa shape index (κ2) is 3.90. The van der Waals surface area contributed by atoms with E-state index in [9.17, 15) is 0 Å². The van der Waals surface area contributed by atoms with Crippen LogP contribution in [0.2, 0.25) is 5.02 Å². The van der Waals surface area contributed by atoms with Gasteiger partial charge in [0.2, 0.25) is 0 Å². The van der Waals surface area contributed by atoms with E-state index in [1.807, 2.05) is 24.3 Å². The van der Waals surface area contributed by atoms with Gasteiger partial charge >= 0.3 is 0 Å². The Morgan fingerprint density at radius 1 is 0.882 bits per heavy atom. The van der Waals surface area contributed by atoms with Crippen molar-refractivity contribution in [2.45, 2.75) is 0 Å². The third-order valence-electron chi connectivity index (χ3n) is 3.08. The summed E-state index contributed by atoms with van der Waals surface area (Å²) in [6, 6.07) is 16.5. The molecular weight excluding hydrogens is 228 g/mol. The van der Waals surface area contributed by atoms with Crippen molar-refractivity contribution in [1.82, 2.24) is 0 Å². The zero-order valence-corrected chi connectivity index (χ0v) is 10.0. The van der Waals surface area contributed by atoms with E-state index in [2.05, 4.69) is 36.9 Å². The number of hydrogen-bond acceptors (Lipinski definition) is 0. The normalized spacial score (nSPS) is 10.9. The maximum atomic E-state index is 6.21. The minimum atomic E-state index is 0.799. The molecule has 0 amide bonds. The zero-order chi connectivity index (χ0) is 11.8. The van der Waals surface area contributed by atoms with Gasteiger partial charge in [0.25, 0.3) is 0 Å². The van der Waals surface area contributed by atoms with E-state index >= 15 is 0 Å². The van der Waals surface area contributed by atoms with E-state index in [-0.39, 0.29) is 0 Å². The van der Waals surface area contributed by atoms with Crippen LogP contribution in [0.15, 0.2) is 55.1 Å². The van der Waals surface area contributed by atoms with Gasteiger partial charge in [-0.05, 0) is 39.9 Å². The second-order valence-corrected chi connectivity index (χ2v) is 4.49. The molecule has 0 aliphatic rings. The van der Waals surface area contributed by atoms with Gasteiger partial charge in [0, 0.05) is 10.4 Å². The Labute approximate surface area is 105 Å². The Bertz CT molecular complexity index is 726. The van der Waals surface area contributed by atoms with Gasteiger partial charge in [-0.1, -0.05) is 54.6 Å². The smallest absolute Gasteiger partial charge is 0.0484 e. The van der Waals surface area contributed by atoms with Gasteiger partial charge in [-0.15, -0.1) is 0 Å². The van der Waals surface area contributed by atoms with Gasteiger partial charge in [-0.3, -0.25) is 0 Å². The van der Waals surface area contributed by atoms with Crippen LogP contribution in [0.3, 0.4) is 0 Å². The lowest BCUT2D eigenvalue weighted by Gasteiger charge is -2.06. The van der Waals surface area contributed by atoms with Crippen LogP contribution >= 0.6 is 11.6 Å². The molecule has 1 heteroatoms. The monoisotopic (exact) mass is 238 g/mol. The van der Waals surface area contributed by atoms with E-state index in [1.54, 1.807) is 0 Å². The van der Waals surface area contributed by atoms with Crippen molar-refractivity contribution < 1.29 is 0 Å². The van der Waals surface area contributed by atoms with Gasteiger partial charge in [0.05, 0.1) is 0 Å². The van der Waals surface area contributed by atoms with Gasteiger partial charge in [0.1, 0.15) is 0 Å². The molecule has 0 bridgehead atoms. The van der Waals surface area contributed by atoms with Crippen molar-refractivity contribution >= 4 is 39.2 Å². The highest BCUT2D eigenvalue weighted by Crippen LogP contribution is 2.30. The molecule has 0 saturated carbocycles. The minimum absolute atomic E-state index is 0.799. The fourth-order valence-corrected chi connectivity index (χ4v) is 2.45. The molecule has 0 aromatic heterocycles. The highest BCUT2D eigenvalue weighted by molar-refractivity contribution is 6.35. The van der Waals surface area contributed by atoms with Crippen LogP contribution in [0.4, 0.5) is 0 Å². The van der Waals surface area contributed by atoms with Crippen LogP contribution in [0.5, 0.6) is 0 Å². The average Bonchev–Trinajstić information content (AvgIpc) is 2.36. The summed E-state index contributed by atoms with van der Waals surface area (Å²) in [4.78, 5) is 0. The molecule has 0 aliphatic heterocycles. The number of rotatable bonds is 1. The van der Waals surface area contributed by atoms with Gasteiger partial charge in [-0.2, -0.15) is 0 Å². The summed E-state index contributed by atoms with van der Waals surface area (Å²) in [5.41, 5.74) is 1.16.